The summed E-state index contributed by atoms with van der Waals surface area (Å²) in [5, 5.41) is 28.4. The molecule has 7 heteroatoms. The van der Waals surface area contributed by atoms with Gasteiger partial charge in [0.25, 0.3) is 0 Å². The predicted molar refractivity (Wildman–Crippen MR) is 221 cm³/mol. The molecule has 7 nitrogen and oxygen atoms in total. The molecule has 0 unspecified atom stereocenters. The summed E-state index contributed by atoms with van der Waals surface area (Å²) in [6.07, 6.45) is 0. The minimum atomic E-state index is 0.534. The predicted octanol–water partition coefficient (Wildman–Crippen LogP) is 11.3. The highest BCUT2D eigenvalue weighted by Gasteiger charge is 2.17. The van der Waals surface area contributed by atoms with Crippen LogP contribution >= 0.6 is 0 Å². The molecule has 56 heavy (non-hydrogen) atoms. The molecule has 0 spiro atoms. The Morgan fingerprint density at radius 3 is 0.946 bits per heavy atom. The molecule has 0 N–H and O–H groups in total. The molecule has 0 saturated carbocycles. The number of aromatic nitrogens is 6. The summed E-state index contributed by atoms with van der Waals surface area (Å²) in [4.78, 5) is 10.0. The number of nitrogens with zero attached hydrogens (tertiary/aromatic N) is 7. The normalized spacial score (nSPS) is 10.8. The highest BCUT2D eigenvalue weighted by Crippen LogP contribution is 2.34. The average molecular weight is 718 g/mol. The minimum absolute atomic E-state index is 0.534. The van der Waals surface area contributed by atoms with Gasteiger partial charge < -0.3 is 0 Å². The fraction of sp³-hybridized carbons (Fsp3) is 0. The molecule has 262 valence electrons. The Morgan fingerprint density at radius 2 is 0.607 bits per heavy atom. The van der Waals surface area contributed by atoms with E-state index in [1.165, 1.54) is 0 Å². The lowest BCUT2D eigenvalue weighted by atomic mass is 9.95. The van der Waals surface area contributed by atoms with Crippen LogP contribution in [-0.2, 0) is 0 Å². The molecule has 0 fully saturated rings. The Hall–Kier alpha value is -7.95. The van der Waals surface area contributed by atoms with Gasteiger partial charge in [-0.2, -0.15) is 5.26 Å². The van der Waals surface area contributed by atoms with Crippen molar-refractivity contribution in [3.8, 4) is 96.1 Å². The molecule has 0 saturated heterocycles. The molecule has 0 atom stereocenters. The van der Waals surface area contributed by atoms with Crippen LogP contribution < -0.4 is 0 Å². The summed E-state index contributed by atoms with van der Waals surface area (Å²) in [5.74, 6) is 1.07. The van der Waals surface area contributed by atoms with Crippen LogP contribution in [0.3, 0.4) is 0 Å². The summed E-state index contributed by atoms with van der Waals surface area (Å²) < 4.78 is 0. The van der Waals surface area contributed by atoms with Gasteiger partial charge in [-0.05, 0) is 40.5 Å². The van der Waals surface area contributed by atoms with E-state index in [0.29, 0.717) is 17.2 Å². The standard InChI is InChI=1S/C49H31N7/c50-32-33-29-42(34-21-25-40(26-22-34)48-51-44(36-13-5-1-6-14-36)46(53-55-48)38-17-9-3-10-18-38)31-43(30-33)35-23-27-41(28-24-35)49-52-45(37-15-7-2-8-16-37)47(54-56-49)39-19-11-4-12-20-39/h1-31H. The maximum absolute atomic E-state index is 10.0. The van der Waals surface area contributed by atoms with Crippen molar-refractivity contribution in [1.29, 1.82) is 5.26 Å². The fourth-order valence-electron chi connectivity index (χ4n) is 6.72. The SMILES string of the molecule is N#Cc1cc(-c2ccc(-c3nnc(-c4ccccc4)c(-c4ccccc4)n3)cc2)cc(-c2ccc(-c3nnc(-c4ccccc4)c(-c4ccccc4)n3)cc2)c1. The zero-order valence-electron chi connectivity index (χ0n) is 30.0. The second-order valence-electron chi connectivity index (χ2n) is 13.2. The Bertz CT molecular complexity index is 2630. The first-order valence-electron chi connectivity index (χ1n) is 18.2. The van der Waals surface area contributed by atoms with Gasteiger partial charge >= 0.3 is 0 Å². The van der Waals surface area contributed by atoms with E-state index in [9.17, 15) is 5.26 Å². The van der Waals surface area contributed by atoms with E-state index in [1.807, 2.05) is 182 Å². The van der Waals surface area contributed by atoms with Crippen LogP contribution in [0.2, 0.25) is 0 Å². The molecule has 0 aliphatic heterocycles. The molecule has 2 aromatic heterocycles. The summed E-state index contributed by atoms with van der Waals surface area (Å²) in [5.41, 5.74) is 12.9. The van der Waals surface area contributed by atoms with E-state index in [0.717, 1.165) is 78.4 Å². The number of rotatable bonds is 8. The third-order valence-electron chi connectivity index (χ3n) is 9.58. The average Bonchev–Trinajstić information content (AvgIpc) is 3.29. The van der Waals surface area contributed by atoms with Crippen LogP contribution in [0.25, 0.3) is 90.1 Å². The van der Waals surface area contributed by atoms with Crippen LogP contribution in [0.5, 0.6) is 0 Å². The molecule has 9 aromatic rings. The van der Waals surface area contributed by atoms with Gasteiger partial charge in [-0.15, -0.1) is 20.4 Å². The van der Waals surface area contributed by atoms with E-state index in [-0.39, 0.29) is 0 Å². The molecule has 9 rings (SSSR count). The van der Waals surface area contributed by atoms with Gasteiger partial charge in [-0.25, -0.2) is 9.97 Å². The van der Waals surface area contributed by atoms with Crippen molar-refractivity contribution in [2.45, 2.75) is 0 Å². The van der Waals surface area contributed by atoms with Gasteiger partial charge in [0.05, 0.1) is 11.6 Å². The summed E-state index contributed by atoms with van der Waals surface area (Å²) >= 11 is 0. The first-order chi connectivity index (χ1) is 27.7. The Balaban J connectivity index is 1.01. The van der Waals surface area contributed by atoms with Gasteiger partial charge in [-0.3, -0.25) is 0 Å². The van der Waals surface area contributed by atoms with E-state index in [1.54, 1.807) is 0 Å². The summed E-state index contributed by atoms with van der Waals surface area (Å²) in [6, 6.07) is 64.5. The van der Waals surface area contributed by atoms with Crippen molar-refractivity contribution in [2.24, 2.45) is 0 Å². The van der Waals surface area contributed by atoms with Crippen LogP contribution in [0.15, 0.2) is 188 Å². The van der Waals surface area contributed by atoms with E-state index < -0.39 is 0 Å². The van der Waals surface area contributed by atoms with E-state index in [2.05, 4.69) is 32.5 Å². The van der Waals surface area contributed by atoms with Crippen LogP contribution in [0.4, 0.5) is 0 Å². The molecule has 0 radical (unpaired) electrons. The molecule has 0 amide bonds. The molecule has 7 aromatic carbocycles. The number of benzene rings is 7. The van der Waals surface area contributed by atoms with E-state index in [4.69, 9.17) is 9.97 Å². The molecule has 0 aliphatic carbocycles. The maximum atomic E-state index is 10.0. The zero-order chi connectivity index (χ0) is 37.7. The monoisotopic (exact) mass is 717 g/mol. The highest BCUT2D eigenvalue weighted by atomic mass is 15.2. The lowest BCUT2D eigenvalue weighted by Gasteiger charge is -2.11. The number of hydrogen-bond acceptors (Lipinski definition) is 7. The van der Waals surface area contributed by atoms with Crippen molar-refractivity contribution in [1.82, 2.24) is 30.4 Å². The third-order valence-corrected chi connectivity index (χ3v) is 9.58. The van der Waals surface area contributed by atoms with Gasteiger partial charge in [0.15, 0.2) is 11.6 Å². The third kappa shape index (κ3) is 6.94. The Labute approximate surface area is 324 Å². The van der Waals surface area contributed by atoms with Gasteiger partial charge in [0.1, 0.15) is 22.8 Å². The second-order valence-corrected chi connectivity index (χ2v) is 13.2. The smallest absolute Gasteiger partial charge is 0.182 e. The van der Waals surface area contributed by atoms with Gasteiger partial charge in [0.2, 0.25) is 0 Å². The fourth-order valence-corrected chi connectivity index (χ4v) is 6.72. The Morgan fingerprint density at radius 1 is 0.286 bits per heavy atom. The minimum Gasteiger partial charge on any atom is -0.224 e. The number of hydrogen-bond donors (Lipinski definition) is 0. The summed E-state index contributed by atoms with van der Waals surface area (Å²) in [7, 11) is 0. The van der Waals surface area contributed by atoms with Gasteiger partial charge in [-0.1, -0.05) is 170 Å². The van der Waals surface area contributed by atoms with Crippen molar-refractivity contribution in [3.05, 3.63) is 194 Å². The van der Waals surface area contributed by atoms with Crippen LogP contribution in [-0.4, -0.2) is 30.4 Å². The van der Waals surface area contributed by atoms with Gasteiger partial charge in [0, 0.05) is 33.4 Å². The lowest BCUT2D eigenvalue weighted by molar-refractivity contribution is 0.991. The second kappa shape index (κ2) is 15.2. The number of nitriles is 1. The maximum Gasteiger partial charge on any atom is 0.182 e. The van der Waals surface area contributed by atoms with Crippen molar-refractivity contribution in [3.63, 3.8) is 0 Å². The highest BCUT2D eigenvalue weighted by molar-refractivity contribution is 5.81. The Kier molecular flexibility index (Phi) is 9.18. The molecule has 2 heterocycles. The first-order valence-corrected chi connectivity index (χ1v) is 18.2. The quantitative estimate of drug-likeness (QED) is 0.154. The van der Waals surface area contributed by atoms with Crippen molar-refractivity contribution >= 4 is 0 Å². The summed E-state index contributed by atoms with van der Waals surface area (Å²) in [6.45, 7) is 0. The lowest BCUT2D eigenvalue weighted by Crippen LogP contribution is -2.00. The molecule has 0 aliphatic rings. The topological polar surface area (TPSA) is 101 Å². The largest absolute Gasteiger partial charge is 0.224 e. The van der Waals surface area contributed by atoms with Crippen molar-refractivity contribution < 1.29 is 0 Å². The zero-order valence-corrected chi connectivity index (χ0v) is 30.0. The van der Waals surface area contributed by atoms with E-state index >= 15 is 0 Å². The molecule has 0 bridgehead atoms. The first kappa shape index (κ1) is 33.9. The van der Waals surface area contributed by atoms with Crippen LogP contribution in [0, 0.1) is 11.3 Å². The van der Waals surface area contributed by atoms with Crippen LogP contribution in [0.1, 0.15) is 5.56 Å². The molecular weight excluding hydrogens is 687 g/mol. The van der Waals surface area contributed by atoms with Crippen molar-refractivity contribution in [2.75, 3.05) is 0 Å². The molecular formula is C49H31N7.